The molecule has 3 aromatic heterocycles. The molecule has 0 unspecified atom stereocenters. The van der Waals surface area contributed by atoms with Crippen LogP contribution in [0.3, 0.4) is 0 Å². The average Bonchev–Trinajstić information content (AvgIpc) is 3.77. The van der Waals surface area contributed by atoms with Gasteiger partial charge in [0.25, 0.3) is 17.5 Å². The van der Waals surface area contributed by atoms with Crippen LogP contribution in [0.2, 0.25) is 5.02 Å². The van der Waals surface area contributed by atoms with Gasteiger partial charge in [-0.25, -0.2) is 14.8 Å². The van der Waals surface area contributed by atoms with E-state index >= 15 is 0 Å². The summed E-state index contributed by atoms with van der Waals surface area (Å²) in [6.07, 6.45) is -3.73. The van der Waals surface area contributed by atoms with Crippen LogP contribution in [0, 0.1) is 10.1 Å². The lowest BCUT2D eigenvalue weighted by Gasteiger charge is -2.40. The highest BCUT2D eigenvalue weighted by Crippen LogP contribution is 2.41. The number of hydrogen-bond donors (Lipinski definition) is 2. The highest BCUT2D eigenvalue weighted by atomic mass is 35.5. The zero-order valence-corrected chi connectivity index (χ0v) is 32.2. The fourth-order valence-corrected chi connectivity index (χ4v) is 6.79. The minimum Gasteiger partial charge on any atom is -0.444 e. The van der Waals surface area contributed by atoms with Gasteiger partial charge in [-0.1, -0.05) is 11.6 Å². The number of nitrogens with zero attached hydrogens (tertiary/aromatic N) is 8. The fourth-order valence-electron chi connectivity index (χ4n) is 6.53. The van der Waals surface area contributed by atoms with E-state index in [-0.39, 0.29) is 96.2 Å². The van der Waals surface area contributed by atoms with Gasteiger partial charge in [0.05, 0.1) is 44.4 Å². The first kappa shape index (κ1) is 41.3. The van der Waals surface area contributed by atoms with E-state index in [1.807, 2.05) is 0 Å². The van der Waals surface area contributed by atoms with Crippen molar-refractivity contribution in [3.8, 4) is 22.6 Å². The largest absolute Gasteiger partial charge is 0.444 e. The molecule has 2 aliphatic heterocycles. The second kappa shape index (κ2) is 15.9. The topological polar surface area (TPSA) is 219 Å². The molecule has 18 nitrogen and oxygen atoms in total. The number of nitro groups is 1. The zero-order chi connectivity index (χ0) is 42.3. The van der Waals surface area contributed by atoms with Gasteiger partial charge in [-0.15, -0.1) is 0 Å². The molecular weight excluding hydrogens is 793 g/mol. The van der Waals surface area contributed by atoms with Crippen molar-refractivity contribution in [2.24, 2.45) is 7.05 Å². The number of aromatic nitrogens is 5. The van der Waals surface area contributed by atoms with Crippen molar-refractivity contribution < 1.29 is 46.8 Å². The Kier molecular flexibility index (Phi) is 11.3. The first-order valence-electron chi connectivity index (χ1n) is 17.7. The number of imidazole rings is 1. The molecule has 58 heavy (non-hydrogen) atoms. The summed E-state index contributed by atoms with van der Waals surface area (Å²) in [4.78, 5) is 88.1. The minimum atomic E-state index is -4.94. The Morgan fingerprint density at radius 3 is 2.29 bits per heavy atom. The summed E-state index contributed by atoms with van der Waals surface area (Å²) in [6.45, 7) is 5.67. The number of halogens is 4. The number of aromatic amines is 1. The number of H-pyrrole nitrogens is 1. The van der Waals surface area contributed by atoms with Gasteiger partial charge in [-0.05, 0) is 45.0 Å². The van der Waals surface area contributed by atoms with Crippen LogP contribution in [-0.4, -0.2) is 118 Å². The summed E-state index contributed by atoms with van der Waals surface area (Å²) in [5, 5.41) is 19.3. The molecule has 22 heteroatoms. The molecule has 4 aromatic rings. The van der Waals surface area contributed by atoms with Crippen LogP contribution in [0.5, 0.6) is 0 Å². The van der Waals surface area contributed by atoms with Gasteiger partial charge in [0, 0.05) is 64.4 Å². The molecule has 306 valence electrons. The predicted octanol–water partition coefficient (Wildman–Crippen LogP) is 4.96. The van der Waals surface area contributed by atoms with Crippen molar-refractivity contribution in [1.82, 2.24) is 39.4 Å². The maximum absolute atomic E-state index is 14.1. The van der Waals surface area contributed by atoms with Crippen LogP contribution in [0.15, 0.2) is 42.7 Å². The first-order valence-corrected chi connectivity index (χ1v) is 18.1. The van der Waals surface area contributed by atoms with Gasteiger partial charge in [-0.2, -0.15) is 18.3 Å². The number of ether oxygens (including phenoxy) is 1. The van der Waals surface area contributed by atoms with Gasteiger partial charge >= 0.3 is 12.3 Å². The molecule has 5 heterocycles. The van der Waals surface area contributed by atoms with Gasteiger partial charge in [0.1, 0.15) is 23.6 Å². The molecule has 4 amide bonds. The number of ketones is 1. The molecule has 0 radical (unpaired) electrons. The van der Waals surface area contributed by atoms with E-state index < -0.39 is 57.8 Å². The Balaban J connectivity index is 1.12. The number of carbonyl (C=O) groups is 5. The number of hydrogen-bond acceptors (Lipinski definition) is 11. The van der Waals surface area contributed by atoms with Crippen molar-refractivity contribution in [3.05, 3.63) is 74.9 Å². The van der Waals surface area contributed by atoms with Crippen molar-refractivity contribution >= 4 is 52.6 Å². The van der Waals surface area contributed by atoms with E-state index in [9.17, 15) is 47.3 Å². The molecule has 1 atom stereocenters. The number of alkyl halides is 3. The van der Waals surface area contributed by atoms with E-state index in [1.165, 1.54) is 39.9 Å². The Morgan fingerprint density at radius 2 is 1.69 bits per heavy atom. The molecule has 0 bridgehead atoms. The van der Waals surface area contributed by atoms with E-state index in [2.05, 4.69) is 25.5 Å². The van der Waals surface area contributed by atoms with Crippen molar-refractivity contribution in [1.29, 1.82) is 0 Å². The van der Waals surface area contributed by atoms with E-state index in [0.29, 0.717) is 0 Å². The van der Waals surface area contributed by atoms with E-state index in [0.717, 1.165) is 29.1 Å². The summed E-state index contributed by atoms with van der Waals surface area (Å²) in [5.74, 6) is -2.15. The fraction of sp³-hybridized carbons (Fsp3) is 0.389. The number of Topliss-reactive ketones (excluding diaryl/α,β-unsaturated/α-hetero) is 1. The Bertz CT molecular complexity index is 2300. The SMILES string of the molecule is Cn1c(-c2c(C(F)(F)F)n[nH]c2-c2ccc([N+](=O)[O-])cn2)cnc1C(=O)Nc1ccc(C(=O)N2CCN(C(=O)[C@@H]3CC(=O)CCN3C(=O)OC(C)(C)C)CC2)c(Cl)c1. The predicted molar refractivity (Wildman–Crippen MR) is 199 cm³/mol. The molecule has 1 aromatic carbocycles. The first-order chi connectivity index (χ1) is 27.2. The molecular formula is C36H36ClF3N10O8. The van der Waals surface area contributed by atoms with Gasteiger partial charge in [-0.3, -0.25) is 39.3 Å². The summed E-state index contributed by atoms with van der Waals surface area (Å²) in [7, 11) is 1.31. The van der Waals surface area contributed by atoms with Gasteiger partial charge in [0.2, 0.25) is 5.91 Å². The second-order valence-electron chi connectivity index (χ2n) is 14.5. The summed E-state index contributed by atoms with van der Waals surface area (Å²) >= 11 is 6.50. The quantitative estimate of drug-likeness (QED) is 0.187. The molecule has 2 N–H and O–H groups in total. The van der Waals surface area contributed by atoms with Crippen LogP contribution >= 0.6 is 11.6 Å². The normalized spacial score (nSPS) is 16.3. The molecule has 0 aliphatic carbocycles. The third-order valence-electron chi connectivity index (χ3n) is 9.37. The Morgan fingerprint density at radius 1 is 1.00 bits per heavy atom. The van der Waals surface area contributed by atoms with E-state index in [4.69, 9.17) is 16.3 Å². The summed E-state index contributed by atoms with van der Waals surface area (Å²) in [5.41, 5.74) is -3.25. The van der Waals surface area contributed by atoms with Crippen molar-refractivity contribution in [2.45, 2.75) is 51.4 Å². The lowest BCUT2D eigenvalue weighted by molar-refractivity contribution is -0.385. The standard InChI is InChI=1S/C36H36ClF3N10O8/c1-35(2,3)58-34(55)49-10-9-21(51)16-25(49)33(54)48-13-11-47(12-14-48)32(53)22-7-5-19(15-23(22)37)43-31(52)30-42-18-26(46(30)4)27-28(44-45-29(27)36(38,39)40)24-8-6-20(17-41-24)50(56)57/h5-8,15,17-18,25H,9-14,16H2,1-4H3,(H,43,52)(H,44,45)/t25-/m0/s1. The van der Waals surface area contributed by atoms with E-state index in [1.54, 1.807) is 20.8 Å². The Hall–Kier alpha value is -6.38. The smallest absolute Gasteiger partial charge is 0.435 e. The number of rotatable bonds is 7. The number of anilines is 1. The molecule has 2 aliphatic rings. The number of likely N-dealkylation sites (tertiary alicyclic amines) is 1. The van der Waals surface area contributed by atoms with Crippen LogP contribution < -0.4 is 5.32 Å². The number of pyridine rings is 1. The van der Waals surface area contributed by atoms with Crippen molar-refractivity contribution in [2.75, 3.05) is 38.0 Å². The van der Waals surface area contributed by atoms with Crippen LogP contribution in [0.1, 0.15) is 60.3 Å². The highest BCUT2D eigenvalue weighted by Gasteiger charge is 2.42. The number of piperidine rings is 1. The summed E-state index contributed by atoms with van der Waals surface area (Å²) < 4.78 is 48.8. The van der Waals surface area contributed by atoms with Crippen molar-refractivity contribution in [3.63, 3.8) is 0 Å². The van der Waals surface area contributed by atoms with Crippen LogP contribution in [-0.2, 0) is 27.5 Å². The Labute approximate surface area is 332 Å². The van der Waals surface area contributed by atoms with Gasteiger partial charge < -0.3 is 24.4 Å². The molecule has 6 rings (SSSR count). The van der Waals surface area contributed by atoms with Crippen LogP contribution in [0.25, 0.3) is 22.6 Å². The molecule has 0 spiro atoms. The third-order valence-corrected chi connectivity index (χ3v) is 9.69. The lowest BCUT2D eigenvalue weighted by atomic mass is 9.99. The zero-order valence-electron chi connectivity index (χ0n) is 31.4. The number of benzene rings is 1. The number of carbonyl (C=O) groups excluding carboxylic acids is 5. The number of amides is 4. The minimum absolute atomic E-state index is 0.0241. The van der Waals surface area contributed by atoms with Crippen LogP contribution in [0.4, 0.5) is 29.3 Å². The maximum Gasteiger partial charge on any atom is 0.435 e. The summed E-state index contributed by atoms with van der Waals surface area (Å²) in [6, 6.07) is 5.32. The second-order valence-corrected chi connectivity index (χ2v) is 14.9. The number of nitrogens with one attached hydrogen (secondary N) is 2. The average molecular weight is 829 g/mol. The third kappa shape index (κ3) is 8.62. The maximum atomic E-state index is 14.1. The molecule has 0 saturated carbocycles. The number of piperazine rings is 1. The highest BCUT2D eigenvalue weighted by molar-refractivity contribution is 6.34. The molecule has 2 fully saturated rings. The lowest BCUT2D eigenvalue weighted by Crippen LogP contribution is -2.59. The monoisotopic (exact) mass is 828 g/mol. The molecule has 2 saturated heterocycles. The van der Waals surface area contributed by atoms with Gasteiger partial charge in [0.15, 0.2) is 11.5 Å².